The van der Waals surface area contributed by atoms with Crippen LogP contribution in [0, 0.1) is 0 Å². The highest BCUT2D eigenvalue weighted by Crippen LogP contribution is 2.30. The van der Waals surface area contributed by atoms with Crippen LogP contribution in [0.2, 0.25) is 5.15 Å². The predicted octanol–water partition coefficient (Wildman–Crippen LogP) is 4.01. The minimum absolute atomic E-state index is 0.0905. The van der Waals surface area contributed by atoms with Gasteiger partial charge in [-0.2, -0.15) is 0 Å². The molecule has 1 atom stereocenters. The summed E-state index contributed by atoms with van der Waals surface area (Å²) in [5.41, 5.74) is 0.816. The van der Waals surface area contributed by atoms with E-state index in [4.69, 9.17) is 11.6 Å². The lowest BCUT2D eigenvalue weighted by Gasteiger charge is -2.26. The van der Waals surface area contributed by atoms with E-state index in [1.165, 1.54) is 17.5 Å². The molecule has 8 heteroatoms. The molecule has 2 heterocycles. The summed E-state index contributed by atoms with van der Waals surface area (Å²) in [6.45, 7) is 9.43. The Kier molecular flexibility index (Phi) is 5.59. The number of anilines is 1. The van der Waals surface area contributed by atoms with Gasteiger partial charge in [0, 0.05) is 22.0 Å². The fourth-order valence-corrected chi connectivity index (χ4v) is 3.97. The molecule has 0 bridgehead atoms. The third-order valence-electron chi connectivity index (χ3n) is 3.42. The molecule has 2 rings (SSSR count). The lowest BCUT2D eigenvalue weighted by atomic mass is 9.93. The summed E-state index contributed by atoms with van der Waals surface area (Å²) in [6.07, 6.45) is 1.43. The number of hydrogen-bond acceptors (Lipinski definition) is 5. The van der Waals surface area contributed by atoms with Crippen molar-refractivity contribution >= 4 is 45.2 Å². The second kappa shape index (κ2) is 7.00. The molecule has 0 aliphatic heterocycles. The number of hydrogen-bond donors (Lipinski definition) is 1. The monoisotopic (exact) mass is 385 g/mol. The Labute approximate surface area is 154 Å². The Morgan fingerprint density at radius 3 is 2.46 bits per heavy atom. The number of nitrogens with zero attached hydrogens (tertiary/aromatic N) is 2. The van der Waals surface area contributed by atoms with Crippen molar-refractivity contribution in [3.05, 3.63) is 34.6 Å². The summed E-state index contributed by atoms with van der Waals surface area (Å²) >= 11 is 5.53. The first-order chi connectivity index (χ1) is 11.0. The summed E-state index contributed by atoms with van der Waals surface area (Å²) in [6, 6.07) is 3.17. The quantitative estimate of drug-likeness (QED) is 0.637. The molecular weight excluding hydrogens is 366 g/mol. The highest BCUT2D eigenvalue weighted by Gasteiger charge is 2.42. The van der Waals surface area contributed by atoms with Crippen LogP contribution in [0.15, 0.2) is 28.6 Å². The normalized spacial score (nSPS) is 13.6. The first-order valence-electron chi connectivity index (χ1n) is 7.32. The van der Waals surface area contributed by atoms with E-state index < -0.39 is 15.9 Å². The molecule has 0 fully saturated rings. The van der Waals surface area contributed by atoms with Gasteiger partial charge in [-0.05, 0) is 26.0 Å². The first kappa shape index (κ1) is 19.2. The molecule has 1 amide bonds. The van der Waals surface area contributed by atoms with E-state index in [9.17, 15) is 9.35 Å². The van der Waals surface area contributed by atoms with Crippen LogP contribution in [0.5, 0.6) is 0 Å². The van der Waals surface area contributed by atoms with Gasteiger partial charge >= 0.3 is 0 Å². The van der Waals surface area contributed by atoms with Gasteiger partial charge in [0.15, 0.2) is 10.0 Å². The summed E-state index contributed by atoms with van der Waals surface area (Å²) in [5.74, 6) is -0.356. The number of carbonyl (C=O) groups is 1. The van der Waals surface area contributed by atoms with Crippen molar-refractivity contribution < 1.29 is 9.35 Å². The molecule has 2 aromatic heterocycles. The van der Waals surface area contributed by atoms with Gasteiger partial charge in [0.2, 0.25) is 4.75 Å². The largest absolute Gasteiger partial charge is 0.611 e. The van der Waals surface area contributed by atoms with Crippen molar-refractivity contribution in [2.45, 2.75) is 49.7 Å². The summed E-state index contributed by atoms with van der Waals surface area (Å²) < 4.78 is 11.6. The molecule has 1 N–H and O–H groups in total. The van der Waals surface area contributed by atoms with E-state index in [0.29, 0.717) is 15.2 Å². The SMILES string of the molecule is CC(C)(C)c1csc(NC(=O)C(C)(C)[S+]([O-])c2ccc(Cl)nc2)n1. The zero-order chi connectivity index (χ0) is 18.1. The van der Waals surface area contributed by atoms with Gasteiger partial charge in [-0.25, -0.2) is 9.97 Å². The summed E-state index contributed by atoms with van der Waals surface area (Å²) in [7, 11) is 0. The van der Waals surface area contributed by atoms with Gasteiger partial charge in [-0.1, -0.05) is 32.4 Å². The maximum Gasteiger partial charge on any atom is 0.282 e. The third kappa shape index (κ3) is 4.27. The van der Waals surface area contributed by atoms with Gasteiger partial charge in [0.1, 0.15) is 5.15 Å². The fraction of sp³-hybridized carbons (Fsp3) is 0.438. The standard InChI is InChI=1S/C16H20ClN3O2S2/c1-15(2,3)11-9-23-14(19-11)20-13(21)16(4,5)24(22)10-6-7-12(17)18-8-10/h6-9H,1-5H3,(H,19,20,21). The van der Waals surface area contributed by atoms with Crippen molar-refractivity contribution in [3.63, 3.8) is 0 Å². The lowest BCUT2D eigenvalue weighted by Crippen LogP contribution is -2.44. The van der Waals surface area contributed by atoms with Gasteiger partial charge in [-0.3, -0.25) is 10.1 Å². The number of rotatable bonds is 4. The molecule has 0 aromatic carbocycles. The molecular formula is C16H20ClN3O2S2. The Morgan fingerprint density at radius 1 is 1.29 bits per heavy atom. The summed E-state index contributed by atoms with van der Waals surface area (Å²) in [4.78, 5) is 21.4. The lowest BCUT2D eigenvalue weighted by molar-refractivity contribution is -0.117. The van der Waals surface area contributed by atoms with E-state index in [-0.39, 0.29) is 11.3 Å². The zero-order valence-corrected chi connectivity index (χ0v) is 16.6. The van der Waals surface area contributed by atoms with Crippen LogP contribution in [-0.2, 0) is 21.4 Å². The Hall–Kier alpha value is -1.15. The molecule has 5 nitrogen and oxygen atoms in total. The topological polar surface area (TPSA) is 77.9 Å². The maximum absolute atomic E-state index is 12.7. The van der Waals surface area contributed by atoms with Gasteiger partial charge in [-0.15, -0.1) is 11.3 Å². The third-order valence-corrected chi connectivity index (χ3v) is 6.18. The molecule has 0 aliphatic rings. The number of nitrogens with one attached hydrogen (secondary N) is 1. The zero-order valence-electron chi connectivity index (χ0n) is 14.2. The first-order valence-corrected chi connectivity index (χ1v) is 9.73. The molecule has 0 aliphatic carbocycles. The molecule has 0 spiro atoms. The predicted molar refractivity (Wildman–Crippen MR) is 99.2 cm³/mol. The average Bonchev–Trinajstić information content (AvgIpc) is 2.96. The van der Waals surface area contributed by atoms with E-state index in [0.717, 1.165) is 5.69 Å². The van der Waals surface area contributed by atoms with Crippen LogP contribution in [-0.4, -0.2) is 25.2 Å². The minimum Gasteiger partial charge on any atom is -0.611 e. The van der Waals surface area contributed by atoms with Gasteiger partial charge in [0.25, 0.3) is 5.91 Å². The number of amides is 1. The van der Waals surface area contributed by atoms with Crippen molar-refractivity contribution in [1.29, 1.82) is 0 Å². The Morgan fingerprint density at radius 2 is 1.96 bits per heavy atom. The molecule has 24 heavy (non-hydrogen) atoms. The number of pyridine rings is 1. The van der Waals surface area contributed by atoms with Crippen molar-refractivity contribution in [2.75, 3.05) is 5.32 Å². The highest BCUT2D eigenvalue weighted by molar-refractivity contribution is 7.93. The highest BCUT2D eigenvalue weighted by atomic mass is 35.5. The average molecular weight is 386 g/mol. The minimum atomic E-state index is -1.57. The Balaban J connectivity index is 2.15. The van der Waals surface area contributed by atoms with Gasteiger partial charge < -0.3 is 4.55 Å². The maximum atomic E-state index is 12.7. The number of thiazole rings is 1. The molecule has 130 valence electrons. The van der Waals surface area contributed by atoms with Crippen LogP contribution in [0.4, 0.5) is 5.13 Å². The van der Waals surface area contributed by atoms with Crippen LogP contribution < -0.4 is 5.32 Å². The number of carbonyl (C=O) groups excluding carboxylic acids is 1. The van der Waals surface area contributed by atoms with Crippen molar-refractivity contribution in [1.82, 2.24) is 9.97 Å². The van der Waals surface area contributed by atoms with E-state index >= 15 is 0 Å². The van der Waals surface area contributed by atoms with Crippen LogP contribution in [0.25, 0.3) is 0 Å². The summed E-state index contributed by atoms with van der Waals surface area (Å²) in [5, 5.41) is 5.50. The second-order valence-corrected chi connectivity index (χ2v) is 10.1. The molecule has 0 saturated heterocycles. The van der Waals surface area contributed by atoms with Gasteiger partial charge in [0.05, 0.1) is 11.9 Å². The van der Waals surface area contributed by atoms with E-state index in [1.54, 1.807) is 26.0 Å². The number of aromatic nitrogens is 2. The van der Waals surface area contributed by atoms with Crippen LogP contribution in [0.1, 0.15) is 40.3 Å². The van der Waals surface area contributed by atoms with E-state index in [2.05, 4.69) is 36.1 Å². The smallest absolute Gasteiger partial charge is 0.282 e. The van der Waals surface area contributed by atoms with Crippen LogP contribution in [0.3, 0.4) is 0 Å². The fourth-order valence-electron chi connectivity index (χ4n) is 1.77. The molecule has 2 aromatic rings. The second-order valence-electron chi connectivity index (χ2n) is 6.84. The van der Waals surface area contributed by atoms with Crippen molar-refractivity contribution in [3.8, 4) is 0 Å². The van der Waals surface area contributed by atoms with Crippen LogP contribution >= 0.6 is 22.9 Å². The Bertz CT molecular complexity index is 724. The van der Waals surface area contributed by atoms with Crippen molar-refractivity contribution in [2.24, 2.45) is 0 Å². The molecule has 0 radical (unpaired) electrons. The molecule has 0 saturated carbocycles. The van der Waals surface area contributed by atoms with E-state index in [1.807, 2.05) is 5.38 Å². The number of halogens is 1. The molecule has 1 unspecified atom stereocenters.